The Bertz CT molecular complexity index is 1700. The van der Waals surface area contributed by atoms with Gasteiger partial charge in [0.1, 0.15) is 22.5 Å². The average molecular weight is 662 g/mol. The van der Waals surface area contributed by atoms with Crippen LogP contribution in [0.4, 0.5) is 5.69 Å². The highest BCUT2D eigenvalue weighted by Crippen LogP contribution is 2.50. The topological polar surface area (TPSA) is 180 Å². The summed E-state index contributed by atoms with van der Waals surface area (Å²) in [5.74, 6) is -3.43. The number of rotatable bonds is 4. The van der Waals surface area contributed by atoms with Gasteiger partial charge in [-0.3, -0.25) is 19.2 Å². The Labute approximate surface area is 273 Å². The molecule has 1 aliphatic heterocycles. The number of carbonyl (C=O) groups excluding carboxylic acids is 5. The summed E-state index contributed by atoms with van der Waals surface area (Å²) in [6, 6.07) is 10.7. The van der Waals surface area contributed by atoms with Crippen LogP contribution in [0.1, 0.15) is 62.5 Å². The van der Waals surface area contributed by atoms with Crippen molar-refractivity contribution in [1.82, 2.24) is 15.4 Å². The second-order valence-corrected chi connectivity index (χ2v) is 14.1. The molecule has 0 spiro atoms. The van der Waals surface area contributed by atoms with Crippen LogP contribution in [0.2, 0.25) is 0 Å². The minimum atomic E-state index is -4.60. The van der Waals surface area contributed by atoms with E-state index in [1.165, 1.54) is 30.4 Å². The number of carbonyl (C=O) groups is 4. The number of para-hydroxylation sites is 1. The number of aliphatic imine (C=N–C) groups is 1. The molecule has 0 aromatic heterocycles. The fraction of sp³-hybridized carbons (Fsp3) is 0.441. The third-order valence-electron chi connectivity index (χ3n) is 9.26. The molecule has 5 rings (SSSR count). The van der Waals surface area contributed by atoms with Crippen LogP contribution in [-0.2, 0) is 46.8 Å². The first kappa shape index (κ1) is 33.7. The molecule has 47 heavy (non-hydrogen) atoms. The van der Waals surface area contributed by atoms with Gasteiger partial charge < -0.3 is 16.0 Å². The third-order valence-corrected chi connectivity index (χ3v) is 10.7. The van der Waals surface area contributed by atoms with Gasteiger partial charge in [0.15, 0.2) is 0 Å². The summed E-state index contributed by atoms with van der Waals surface area (Å²) in [7, 11) is -4.60. The first-order valence-corrected chi connectivity index (χ1v) is 17.4. The number of benzene rings is 2. The third kappa shape index (κ3) is 7.69. The smallest absolute Gasteiger partial charge is 0.266 e. The molecule has 12 nitrogen and oxygen atoms in total. The van der Waals surface area contributed by atoms with Crippen molar-refractivity contribution in [2.75, 3.05) is 5.32 Å². The maximum absolute atomic E-state index is 14.1. The van der Waals surface area contributed by atoms with Crippen LogP contribution >= 0.6 is 0 Å². The summed E-state index contributed by atoms with van der Waals surface area (Å²) in [5, 5.41) is 8.17. The van der Waals surface area contributed by atoms with Crippen LogP contribution < -0.4 is 20.7 Å². The van der Waals surface area contributed by atoms with E-state index < -0.39 is 45.4 Å². The van der Waals surface area contributed by atoms with E-state index >= 15 is 0 Å². The van der Waals surface area contributed by atoms with Crippen LogP contribution in [-0.4, -0.2) is 55.7 Å². The predicted octanol–water partition coefficient (Wildman–Crippen LogP) is 2.84. The van der Waals surface area contributed by atoms with Gasteiger partial charge in [0.2, 0.25) is 23.8 Å². The number of hydrogen-bond donors (Lipinski definition) is 4. The first-order chi connectivity index (χ1) is 22.6. The molecule has 2 unspecified atom stereocenters. The largest absolute Gasteiger partial charge is 0.344 e. The number of fused-ring (bicyclic) bond motifs is 2. The van der Waals surface area contributed by atoms with Gasteiger partial charge in [0.25, 0.3) is 15.9 Å². The Morgan fingerprint density at radius 1 is 0.830 bits per heavy atom. The van der Waals surface area contributed by atoms with Crippen LogP contribution in [0.25, 0.3) is 0 Å². The lowest BCUT2D eigenvalue weighted by Crippen LogP contribution is -2.60. The van der Waals surface area contributed by atoms with E-state index in [1.54, 1.807) is 6.07 Å². The Kier molecular flexibility index (Phi) is 10.4. The number of amides is 4. The number of nitrogens with one attached hydrogen (secondary N) is 4. The molecular weight excluding hydrogens is 622 g/mol. The number of nitrogens with zero attached hydrogens (tertiary/aromatic N) is 1. The number of isocyanates is 1. The second-order valence-electron chi connectivity index (χ2n) is 12.4. The van der Waals surface area contributed by atoms with Crippen molar-refractivity contribution in [3.63, 3.8) is 0 Å². The molecule has 2 aromatic carbocycles. The highest BCUT2D eigenvalue weighted by atomic mass is 32.2. The molecule has 4 amide bonds. The fourth-order valence-corrected chi connectivity index (χ4v) is 7.84. The highest BCUT2D eigenvalue weighted by molar-refractivity contribution is 7.90. The van der Waals surface area contributed by atoms with Gasteiger partial charge in [-0.2, -0.15) is 4.99 Å². The molecule has 4 atom stereocenters. The molecule has 1 heterocycles. The van der Waals surface area contributed by atoms with Crippen molar-refractivity contribution in [1.29, 1.82) is 0 Å². The van der Waals surface area contributed by atoms with E-state index in [9.17, 15) is 32.4 Å². The van der Waals surface area contributed by atoms with E-state index in [4.69, 9.17) is 0 Å². The Morgan fingerprint density at radius 2 is 1.45 bits per heavy atom. The van der Waals surface area contributed by atoms with Crippen molar-refractivity contribution in [3.8, 4) is 0 Å². The van der Waals surface area contributed by atoms with Crippen molar-refractivity contribution >= 4 is 45.4 Å². The van der Waals surface area contributed by atoms with Gasteiger partial charge in [0, 0.05) is 18.8 Å². The lowest BCUT2D eigenvalue weighted by atomic mass is 9.94. The summed E-state index contributed by atoms with van der Waals surface area (Å²) in [6.45, 7) is 3.74. The van der Waals surface area contributed by atoms with Crippen LogP contribution in [0.3, 0.4) is 0 Å². The zero-order valence-corrected chi connectivity index (χ0v) is 26.8. The van der Waals surface area contributed by atoms with E-state index in [0.717, 1.165) is 30.4 Å². The van der Waals surface area contributed by atoms with Gasteiger partial charge in [-0.25, -0.2) is 17.9 Å². The van der Waals surface area contributed by atoms with E-state index in [2.05, 4.69) is 27.5 Å². The zero-order valence-electron chi connectivity index (χ0n) is 26.0. The quantitative estimate of drug-likeness (QED) is 0.221. The first-order valence-electron chi connectivity index (χ1n) is 15.9. The molecule has 4 N–H and O–H groups in total. The van der Waals surface area contributed by atoms with Crippen LogP contribution in [0.15, 0.2) is 71.1 Å². The van der Waals surface area contributed by atoms with Crippen molar-refractivity contribution in [2.45, 2.75) is 86.7 Å². The molecule has 3 aliphatic rings. The normalized spacial score (nSPS) is 27.4. The number of sulfonamides is 1. The van der Waals surface area contributed by atoms with Gasteiger partial charge in [-0.05, 0) is 61.3 Å². The molecule has 0 saturated heterocycles. The fourth-order valence-electron chi connectivity index (χ4n) is 6.68. The van der Waals surface area contributed by atoms with Crippen molar-refractivity contribution in [3.05, 3.63) is 72.3 Å². The Morgan fingerprint density at radius 3 is 2.09 bits per heavy atom. The maximum Gasteiger partial charge on any atom is 0.266 e. The molecule has 0 bridgehead atoms. The minimum absolute atomic E-state index is 0.00705. The number of hydrogen-bond acceptors (Lipinski definition) is 8. The molecular formula is C34H39N5O7S. The lowest BCUT2D eigenvalue weighted by Gasteiger charge is -2.29. The predicted molar refractivity (Wildman–Crippen MR) is 173 cm³/mol. The standard InChI is InChI=1S/C34H39N5O7S/c1-2-25-20-34(25,35-21-40)31-33(44)39-47(45,46)27-15-11-10-14-26(27)36-28(41)16-6-4-3-5-7-17-29(42)37-30(32(43)38-31)24-18-22-12-8-9-13-23(22)19-24/h2,8-15,24-25,30-31H,1,3-7,16-20H2,(H,36,41)(H,37,42)(H,38,43)(H,39,44)/t25-,30?,31?,34-/m1/s1. The highest BCUT2D eigenvalue weighted by Gasteiger charge is 2.62. The van der Waals surface area contributed by atoms with Gasteiger partial charge in [-0.1, -0.05) is 61.7 Å². The second kappa shape index (κ2) is 14.4. The zero-order chi connectivity index (χ0) is 33.6. The molecule has 248 valence electrons. The molecule has 13 heteroatoms. The monoisotopic (exact) mass is 661 g/mol. The molecule has 2 aromatic rings. The summed E-state index contributed by atoms with van der Waals surface area (Å²) in [6.07, 6.45) is 7.88. The van der Waals surface area contributed by atoms with Crippen molar-refractivity contribution in [2.24, 2.45) is 16.8 Å². The average Bonchev–Trinajstić information content (AvgIpc) is 3.58. The Hall–Kier alpha value is -4.61. The van der Waals surface area contributed by atoms with E-state index in [0.29, 0.717) is 25.7 Å². The van der Waals surface area contributed by atoms with E-state index in [1.807, 2.05) is 29.0 Å². The lowest BCUT2D eigenvalue weighted by molar-refractivity contribution is -0.133. The number of anilines is 1. The van der Waals surface area contributed by atoms with Crippen molar-refractivity contribution < 1.29 is 32.4 Å². The Balaban J connectivity index is 1.51. The van der Waals surface area contributed by atoms with Crippen LogP contribution in [0.5, 0.6) is 0 Å². The van der Waals surface area contributed by atoms with E-state index in [-0.39, 0.29) is 47.6 Å². The van der Waals surface area contributed by atoms with Gasteiger partial charge in [-0.15, -0.1) is 6.58 Å². The molecule has 1 fully saturated rings. The van der Waals surface area contributed by atoms with Crippen LogP contribution in [0, 0.1) is 11.8 Å². The summed E-state index contributed by atoms with van der Waals surface area (Å²) < 4.78 is 29.3. The molecule has 1 saturated carbocycles. The summed E-state index contributed by atoms with van der Waals surface area (Å²) in [4.78, 5) is 69.0. The molecule has 2 aliphatic carbocycles. The molecule has 0 radical (unpaired) electrons. The van der Waals surface area contributed by atoms with Gasteiger partial charge in [0.05, 0.1) is 5.69 Å². The summed E-state index contributed by atoms with van der Waals surface area (Å²) in [5.41, 5.74) is 0.560. The minimum Gasteiger partial charge on any atom is -0.344 e. The summed E-state index contributed by atoms with van der Waals surface area (Å²) >= 11 is 0. The maximum atomic E-state index is 14.1. The SMILES string of the molecule is C=C[C@@H]1C[C@]1(N=C=O)C1NC(=O)C(C2Cc3ccccc3C2)NC(=O)CCCCCCCC(=O)Nc2ccccc2S(=O)(=O)NC1=O. The van der Waals surface area contributed by atoms with Gasteiger partial charge >= 0.3 is 0 Å².